The number of benzene rings is 2. The van der Waals surface area contributed by atoms with Crippen LogP contribution in [0.15, 0.2) is 64.3 Å². The molecule has 0 radical (unpaired) electrons. The van der Waals surface area contributed by atoms with Crippen LogP contribution in [-0.2, 0) is 6.18 Å². The molecule has 2 heterocycles. The zero-order valence-electron chi connectivity index (χ0n) is 17.2. The van der Waals surface area contributed by atoms with E-state index in [1.807, 2.05) is 5.32 Å². The van der Waals surface area contributed by atoms with Crippen molar-refractivity contribution in [3.63, 3.8) is 0 Å². The number of anilines is 1. The molecule has 0 bridgehead atoms. The van der Waals surface area contributed by atoms with Crippen molar-refractivity contribution in [1.29, 1.82) is 0 Å². The van der Waals surface area contributed by atoms with E-state index in [1.54, 1.807) is 25.1 Å². The lowest BCUT2D eigenvalue weighted by Gasteiger charge is -2.17. The van der Waals surface area contributed by atoms with Gasteiger partial charge in [-0.05, 0) is 48.9 Å². The highest BCUT2D eigenvalue weighted by molar-refractivity contribution is 6.32. The van der Waals surface area contributed by atoms with E-state index in [2.05, 4.69) is 10.1 Å². The molecule has 0 unspecified atom stereocenters. The number of para-hydroxylation sites is 1. The Labute approximate surface area is 194 Å². The molecule has 12 heteroatoms. The Kier molecular flexibility index (Phi) is 5.88. The average molecular weight is 491 g/mol. The van der Waals surface area contributed by atoms with E-state index in [4.69, 9.17) is 21.1 Å². The lowest BCUT2D eigenvalue weighted by Crippen LogP contribution is -2.28. The van der Waals surface area contributed by atoms with Crippen molar-refractivity contribution in [3.05, 3.63) is 81.6 Å². The molecule has 0 aliphatic rings. The second-order valence-corrected chi connectivity index (χ2v) is 7.58. The molecule has 4 aromatic rings. The van der Waals surface area contributed by atoms with E-state index in [-0.39, 0.29) is 5.69 Å². The summed E-state index contributed by atoms with van der Waals surface area (Å²) in [7, 11) is 0. The predicted octanol–water partition coefficient (Wildman–Crippen LogP) is 5.63. The maximum Gasteiger partial charge on any atom is 0.418 e. The van der Waals surface area contributed by atoms with Crippen LogP contribution < -0.4 is 10.9 Å². The van der Waals surface area contributed by atoms with Gasteiger partial charge in [-0.25, -0.2) is 9.78 Å². The minimum Gasteiger partial charge on any atom is -0.465 e. The molecule has 0 fully saturated rings. The number of carboxylic acid groups (broad SMARTS) is 1. The van der Waals surface area contributed by atoms with Crippen LogP contribution in [0.1, 0.15) is 11.1 Å². The van der Waals surface area contributed by atoms with Gasteiger partial charge in [-0.1, -0.05) is 17.7 Å². The summed E-state index contributed by atoms with van der Waals surface area (Å²) in [6.45, 7) is 1.77. The van der Waals surface area contributed by atoms with Gasteiger partial charge in [0, 0.05) is 11.1 Å². The Bertz CT molecular complexity index is 1450. The highest BCUT2D eigenvalue weighted by Gasteiger charge is 2.36. The topological polar surface area (TPSA) is 110 Å². The summed E-state index contributed by atoms with van der Waals surface area (Å²) in [4.78, 5) is 28.1. The summed E-state index contributed by atoms with van der Waals surface area (Å²) in [6.07, 6.45) is -3.73. The van der Waals surface area contributed by atoms with E-state index in [0.29, 0.717) is 21.6 Å². The van der Waals surface area contributed by atoms with Crippen molar-refractivity contribution in [1.82, 2.24) is 14.8 Å². The second-order valence-electron chi connectivity index (χ2n) is 7.18. The van der Waals surface area contributed by atoms with E-state index in [1.165, 1.54) is 18.7 Å². The van der Waals surface area contributed by atoms with E-state index >= 15 is 0 Å². The standard InChI is InChI=1S/C22H14ClF3N4O4/c1-11-5-12(7-13(6-11)18-9-27-10-34-18)16-8-17(28-21(32)33)20(31)30(29-16)19-14(22(24,25)26)3-2-4-15(19)23/h2-10,28H,1H3,(H,32,33). The van der Waals surface area contributed by atoms with Crippen LogP contribution in [-0.4, -0.2) is 26.0 Å². The van der Waals surface area contributed by atoms with Crippen LogP contribution in [0.4, 0.5) is 23.7 Å². The molecule has 1 amide bonds. The molecular formula is C22H14ClF3N4O4. The van der Waals surface area contributed by atoms with Crippen LogP contribution in [0.5, 0.6) is 0 Å². The average Bonchev–Trinajstić information content (AvgIpc) is 3.29. The second kappa shape index (κ2) is 8.67. The number of hydrogen-bond acceptors (Lipinski definition) is 5. The van der Waals surface area contributed by atoms with Gasteiger partial charge < -0.3 is 9.52 Å². The summed E-state index contributed by atoms with van der Waals surface area (Å²) in [6, 6.07) is 9.21. The Morgan fingerprint density at radius 2 is 1.91 bits per heavy atom. The summed E-state index contributed by atoms with van der Waals surface area (Å²) in [5, 5.41) is 14.8. The highest BCUT2D eigenvalue weighted by Crippen LogP contribution is 2.37. The maximum atomic E-state index is 13.7. The van der Waals surface area contributed by atoms with Crippen molar-refractivity contribution in [2.24, 2.45) is 0 Å². The van der Waals surface area contributed by atoms with Gasteiger partial charge in [-0.15, -0.1) is 0 Å². The van der Waals surface area contributed by atoms with Gasteiger partial charge >= 0.3 is 12.3 Å². The Balaban J connectivity index is 2.01. The van der Waals surface area contributed by atoms with Crippen LogP contribution >= 0.6 is 11.6 Å². The quantitative estimate of drug-likeness (QED) is 0.384. The number of hydrogen-bond donors (Lipinski definition) is 2. The van der Waals surface area contributed by atoms with Gasteiger partial charge in [0.05, 0.1) is 28.2 Å². The molecule has 0 saturated carbocycles. The van der Waals surface area contributed by atoms with Gasteiger partial charge in [-0.2, -0.15) is 23.0 Å². The van der Waals surface area contributed by atoms with Gasteiger partial charge in [0.15, 0.2) is 12.2 Å². The molecule has 0 aliphatic heterocycles. The molecule has 0 spiro atoms. The van der Waals surface area contributed by atoms with Crippen molar-refractivity contribution in [2.45, 2.75) is 13.1 Å². The van der Waals surface area contributed by atoms with E-state index in [0.717, 1.165) is 23.8 Å². The van der Waals surface area contributed by atoms with Crippen molar-refractivity contribution in [3.8, 4) is 28.3 Å². The first-order valence-corrected chi connectivity index (χ1v) is 9.93. The lowest BCUT2D eigenvalue weighted by atomic mass is 10.0. The molecular weight excluding hydrogens is 477 g/mol. The van der Waals surface area contributed by atoms with Gasteiger partial charge in [0.1, 0.15) is 5.69 Å². The summed E-state index contributed by atoms with van der Waals surface area (Å²) in [5.41, 5.74) is -1.84. The van der Waals surface area contributed by atoms with E-state index < -0.39 is 39.8 Å². The lowest BCUT2D eigenvalue weighted by molar-refractivity contribution is -0.137. The minimum atomic E-state index is -4.86. The Hall–Kier alpha value is -4.12. The van der Waals surface area contributed by atoms with Crippen LogP contribution in [0.3, 0.4) is 0 Å². The molecule has 0 saturated heterocycles. The van der Waals surface area contributed by atoms with Gasteiger partial charge in [0.25, 0.3) is 5.56 Å². The predicted molar refractivity (Wildman–Crippen MR) is 117 cm³/mol. The number of nitrogens with one attached hydrogen (secondary N) is 1. The minimum absolute atomic E-state index is 0.0147. The number of alkyl halides is 3. The largest absolute Gasteiger partial charge is 0.465 e. The monoisotopic (exact) mass is 490 g/mol. The molecule has 8 nitrogen and oxygen atoms in total. The molecule has 2 aromatic heterocycles. The molecule has 2 aromatic carbocycles. The number of halogens is 4. The van der Waals surface area contributed by atoms with E-state index in [9.17, 15) is 22.8 Å². The SMILES string of the molecule is Cc1cc(-c2cc(NC(=O)O)c(=O)n(-c3c(Cl)cccc3C(F)(F)F)n2)cc(-c2cnco2)c1. The molecule has 0 aliphatic carbocycles. The van der Waals surface area contributed by atoms with Crippen LogP contribution in [0, 0.1) is 6.92 Å². The van der Waals surface area contributed by atoms with Crippen LogP contribution in [0.25, 0.3) is 28.3 Å². The Morgan fingerprint density at radius 1 is 1.18 bits per heavy atom. The number of oxazole rings is 1. The molecule has 0 atom stereocenters. The Morgan fingerprint density at radius 3 is 2.56 bits per heavy atom. The number of aryl methyl sites for hydroxylation is 1. The zero-order chi connectivity index (χ0) is 24.6. The van der Waals surface area contributed by atoms with Gasteiger partial charge in [-0.3, -0.25) is 10.1 Å². The first-order valence-electron chi connectivity index (χ1n) is 9.56. The smallest absolute Gasteiger partial charge is 0.418 e. The zero-order valence-corrected chi connectivity index (χ0v) is 18.0. The van der Waals surface area contributed by atoms with Crippen molar-refractivity contribution >= 4 is 23.4 Å². The summed E-state index contributed by atoms with van der Waals surface area (Å²) >= 11 is 6.06. The molecule has 2 N–H and O–H groups in total. The normalized spacial score (nSPS) is 11.4. The molecule has 174 valence electrons. The summed E-state index contributed by atoms with van der Waals surface area (Å²) < 4.78 is 46.9. The number of rotatable bonds is 4. The van der Waals surface area contributed by atoms with Crippen molar-refractivity contribution < 1.29 is 27.5 Å². The molecule has 34 heavy (non-hydrogen) atoms. The third-order valence-corrected chi connectivity index (χ3v) is 5.05. The van der Waals surface area contributed by atoms with Crippen molar-refractivity contribution in [2.75, 3.05) is 5.32 Å². The first-order chi connectivity index (χ1) is 16.0. The summed E-state index contributed by atoms with van der Waals surface area (Å²) in [5.74, 6) is 0.424. The highest BCUT2D eigenvalue weighted by atomic mass is 35.5. The number of carbonyl (C=O) groups is 1. The number of aromatic nitrogens is 3. The molecule has 4 rings (SSSR count). The number of amides is 1. The van der Waals surface area contributed by atoms with Crippen LogP contribution in [0.2, 0.25) is 5.02 Å². The third kappa shape index (κ3) is 4.50. The third-order valence-electron chi connectivity index (χ3n) is 4.75. The maximum absolute atomic E-state index is 13.7. The first kappa shape index (κ1) is 23.1. The fraction of sp³-hybridized carbons (Fsp3) is 0.0909. The number of nitrogens with zero attached hydrogens (tertiary/aromatic N) is 3. The fourth-order valence-corrected chi connectivity index (χ4v) is 3.64. The van der Waals surface area contributed by atoms with Gasteiger partial charge in [0.2, 0.25) is 0 Å². The fourth-order valence-electron chi connectivity index (χ4n) is 3.38.